The van der Waals surface area contributed by atoms with Crippen LogP contribution in [0.15, 0.2) is 42.6 Å². The molecule has 1 fully saturated rings. The van der Waals surface area contributed by atoms with Gasteiger partial charge in [0.05, 0.1) is 0 Å². The second kappa shape index (κ2) is 7.48. The van der Waals surface area contributed by atoms with Crippen LogP contribution in [0.2, 0.25) is 0 Å². The van der Waals surface area contributed by atoms with Crippen LogP contribution in [-0.4, -0.2) is 24.0 Å². The Morgan fingerprint density at radius 1 is 1.23 bits per heavy atom. The summed E-state index contributed by atoms with van der Waals surface area (Å²) in [6.45, 7) is 8.06. The van der Waals surface area contributed by atoms with Gasteiger partial charge < -0.3 is 10.2 Å². The number of piperidine rings is 1. The lowest BCUT2D eigenvalue weighted by atomic mass is 9.90. The largest absolute Gasteiger partial charge is 0.325 e. The fourth-order valence-corrected chi connectivity index (χ4v) is 2.74. The van der Waals surface area contributed by atoms with Crippen molar-refractivity contribution >= 4 is 6.03 Å². The van der Waals surface area contributed by atoms with Gasteiger partial charge in [0.25, 0.3) is 0 Å². The summed E-state index contributed by atoms with van der Waals surface area (Å²) in [4.78, 5) is 14.0. The van der Waals surface area contributed by atoms with Gasteiger partial charge in [-0.05, 0) is 36.2 Å². The van der Waals surface area contributed by atoms with Crippen LogP contribution in [0, 0.1) is 11.3 Å². The van der Waals surface area contributed by atoms with Crippen molar-refractivity contribution in [3.63, 3.8) is 0 Å². The van der Waals surface area contributed by atoms with E-state index >= 15 is 0 Å². The number of nitrogens with one attached hydrogen (secondary N) is 1. The number of amides is 2. The Hall–Kier alpha value is -1.77. The van der Waals surface area contributed by atoms with E-state index < -0.39 is 0 Å². The van der Waals surface area contributed by atoms with Crippen LogP contribution in [0.1, 0.15) is 39.2 Å². The van der Waals surface area contributed by atoms with Crippen LogP contribution >= 0.6 is 0 Å². The average Bonchev–Trinajstić information content (AvgIpc) is 2.47. The van der Waals surface area contributed by atoms with E-state index in [2.05, 4.69) is 56.4 Å². The minimum atomic E-state index is 0.0265. The maximum Gasteiger partial charge on any atom is 0.321 e. The first-order valence-electron chi connectivity index (χ1n) is 8.21. The molecule has 1 aromatic rings. The van der Waals surface area contributed by atoms with E-state index in [9.17, 15) is 4.79 Å². The number of nitrogens with zero attached hydrogens (tertiary/aromatic N) is 1. The lowest BCUT2D eigenvalue weighted by molar-refractivity contribution is 0.173. The Balaban J connectivity index is 1.75. The third-order valence-corrected chi connectivity index (χ3v) is 4.06. The number of urea groups is 1. The van der Waals surface area contributed by atoms with Gasteiger partial charge in [0.1, 0.15) is 0 Å². The maximum absolute atomic E-state index is 12.1. The smallest absolute Gasteiger partial charge is 0.321 e. The van der Waals surface area contributed by atoms with E-state index in [0.29, 0.717) is 5.92 Å². The molecule has 0 bridgehead atoms. The number of hydrogen-bond acceptors (Lipinski definition) is 1. The monoisotopic (exact) mass is 300 g/mol. The van der Waals surface area contributed by atoms with Gasteiger partial charge in [-0.25, -0.2) is 4.79 Å². The second-order valence-electron chi connectivity index (χ2n) is 7.27. The molecule has 0 unspecified atom stereocenters. The quantitative estimate of drug-likeness (QED) is 0.891. The van der Waals surface area contributed by atoms with Crippen LogP contribution in [-0.2, 0) is 6.42 Å². The highest BCUT2D eigenvalue weighted by molar-refractivity contribution is 5.75. The van der Waals surface area contributed by atoms with Gasteiger partial charge >= 0.3 is 6.03 Å². The standard InChI is InChI=1S/C19H28N2O/c1-19(2,3)11-12-20-18(22)21-13-9-17(10-14-21)15-16-7-5-4-6-8-16/h4-8,11-12,17H,9-10,13-15H2,1-3H3,(H,20,22)/b12-11+. The molecule has 3 heteroatoms. The van der Waals surface area contributed by atoms with Crippen LogP contribution in [0.3, 0.4) is 0 Å². The summed E-state index contributed by atoms with van der Waals surface area (Å²) in [6.07, 6.45) is 7.10. The first-order chi connectivity index (χ1) is 10.4. The van der Waals surface area contributed by atoms with Gasteiger partial charge in [-0.3, -0.25) is 0 Å². The highest BCUT2D eigenvalue weighted by atomic mass is 16.2. The lowest BCUT2D eigenvalue weighted by Crippen LogP contribution is -2.43. The molecule has 2 rings (SSSR count). The van der Waals surface area contributed by atoms with Crippen molar-refractivity contribution in [3.05, 3.63) is 48.2 Å². The minimum absolute atomic E-state index is 0.0265. The highest BCUT2D eigenvalue weighted by Crippen LogP contribution is 2.21. The molecular formula is C19H28N2O. The van der Waals surface area contributed by atoms with Crippen LogP contribution in [0.5, 0.6) is 0 Å². The number of allylic oxidation sites excluding steroid dienone is 1. The predicted molar refractivity (Wildman–Crippen MR) is 91.6 cm³/mol. The number of carbonyl (C=O) groups excluding carboxylic acids is 1. The molecule has 0 aromatic heterocycles. The van der Waals surface area contributed by atoms with Crippen LogP contribution in [0.25, 0.3) is 0 Å². The number of carbonyl (C=O) groups is 1. The third kappa shape index (κ3) is 5.55. The zero-order valence-electron chi connectivity index (χ0n) is 14.0. The molecule has 0 atom stereocenters. The fourth-order valence-electron chi connectivity index (χ4n) is 2.74. The number of benzene rings is 1. The summed E-state index contributed by atoms with van der Waals surface area (Å²) in [5.41, 5.74) is 1.49. The third-order valence-electron chi connectivity index (χ3n) is 4.06. The Bertz CT molecular complexity index is 494. The normalized spacial score (nSPS) is 17.0. The topological polar surface area (TPSA) is 32.3 Å². The Kier molecular flexibility index (Phi) is 5.64. The molecule has 120 valence electrons. The van der Waals surface area contributed by atoms with E-state index in [0.717, 1.165) is 32.4 Å². The van der Waals surface area contributed by atoms with Crippen LogP contribution < -0.4 is 5.32 Å². The van der Waals surface area contributed by atoms with Gasteiger partial charge in [-0.1, -0.05) is 57.2 Å². The molecule has 1 N–H and O–H groups in total. The van der Waals surface area contributed by atoms with Gasteiger partial charge in [0.2, 0.25) is 0 Å². The zero-order chi connectivity index (χ0) is 16.0. The van der Waals surface area contributed by atoms with Crippen molar-refractivity contribution in [2.75, 3.05) is 13.1 Å². The molecule has 1 aliphatic heterocycles. The van der Waals surface area contributed by atoms with Crippen molar-refractivity contribution in [2.45, 2.75) is 40.0 Å². The molecule has 3 nitrogen and oxygen atoms in total. The van der Waals surface area contributed by atoms with Gasteiger partial charge in [0, 0.05) is 19.3 Å². The molecule has 1 heterocycles. The van der Waals surface area contributed by atoms with E-state index in [-0.39, 0.29) is 11.4 Å². The van der Waals surface area contributed by atoms with E-state index in [4.69, 9.17) is 0 Å². The lowest BCUT2D eigenvalue weighted by Gasteiger charge is -2.31. The van der Waals surface area contributed by atoms with E-state index in [1.807, 2.05) is 11.0 Å². The predicted octanol–water partition coefficient (Wildman–Crippen LogP) is 4.21. The Labute approximate surface area is 134 Å². The van der Waals surface area contributed by atoms with Crippen molar-refractivity contribution in [2.24, 2.45) is 11.3 Å². The van der Waals surface area contributed by atoms with Crippen molar-refractivity contribution in [1.82, 2.24) is 10.2 Å². The summed E-state index contributed by atoms with van der Waals surface area (Å²) < 4.78 is 0. The summed E-state index contributed by atoms with van der Waals surface area (Å²) in [6, 6.07) is 10.7. The van der Waals surface area contributed by atoms with Crippen molar-refractivity contribution in [3.8, 4) is 0 Å². The molecule has 0 radical (unpaired) electrons. The minimum Gasteiger partial charge on any atom is -0.325 e. The first kappa shape index (κ1) is 16.6. The average molecular weight is 300 g/mol. The molecule has 1 aromatic carbocycles. The summed E-state index contributed by atoms with van der Waals surface area (Å²) in [5, 5.41) is 2.88. The van der Waals surface area contributed by atoms with E-state index in [1.54, 1.807) is 6.20 Å². The van der Waals surface area contributed by atoms with Gasteiger partial charge in [-0.15, -0.1) is 0 Å². The molecular weight excluding hydrogens is 272 g/mol. The van der Waals surface area contributed by atoms with Crippen molar-refractivity contribution in [1.29, 1.82) is 0 Å². The molecule has 1 saturated heterocycles. The zero-order valence-corrected chi connectivity index (χ0v) is 14.0. The number of hydrogen-bond donors (Lipinski definition) is 1. The van der Waals surface area contributed by atoms with Crippen molar-refractivity contribution < 1.29 is 4.79 Å². The molecule has 0 aliphatic carbocycles. The van der Waals surface area contributed by atoms with E-state index in [1.165, 1.54) is 5.56 Å². The molecule has 0 saturated carbocycles. The number of rotatable bonds is 3. The molecule has 1 aliphatic rings. The summed E-state index contributed by atoms with van der Waals surface area (Å²) >= 11 is 0. The Morgan fingerprint density at radius 2 is 1.86 bits per heavy atom. The Morgan fingerprint density at radius 3 is 2.45 bits per heavy atom. The van der Waals surface area contributed by atoms with Crippen LogP contribution in [0.4, 0.5) is 4.79 Å². The van der Waals surface area contributed by atoms with Gasteiger partial charge in [-0.2, -0.15) is 0 Å². The highest BCUT2D eigenvalue weighted by Gasteiger charge is 2.22. The molecule has 2 amide bonds. The molecule has 0 spiro atoms. The molecule has 22 heavy (non-hydrogen) atoms. The summed E-state index contributed by atoms with van der Waals surface area (Å²) in [5.74, 6) is 0.691. The summed E-state index contributed by atoms with van der Waals surface area (Å²) in [7, 11) is 0. The SMILES string of the molecule is CC(C)(C)/C=C/NC(=O)N1CCC(Cc2ccccc2)CC1. The first-order valence-corrected chi connectivity index (χ1v) is 8.21. The number of likely N-dealkylation sites (tertiary alicyclic amines) is 1. The maximum atomic E-state index is 12.1. The van der Waals surface area contributed by atoms with Gasteiger partial charge in [0.15, 0.2) is 0 Å². The fraction of sp³-hybridized carbons (Fsp3) is 0.526. The second-order valence-corrected chi connectivity index (χ2v) is 7.27.